The maximum atomic E-state index is 5.44. The maximum absolute atomic E-state index is 5.44. The highest BCUT2D eigenvalue weighted by molar-refractivity contribution is 7.80. The van der Waals surface area contributed by atoms with Gasteiger partial charge >= 0.3 is 0 Å². The first-order chi connectivity index (χ1) is 9.78. The lowest BCUT2D eigenvalue weighted by molar-refractivity contribution is 0.526. The van der Waals surface area contributed by atoms with Crippen molar-refractivity contribution in [3.8, 4) is 0 Å². The van der Waals surface area contributed by atoms with E-state index in [-0.39, 0.29) is 0 Å². The molecule has 3 nitrogen and oxygen atoms in total. The van der Waals surface area contributed by atoms with Gasteiger partial charge < -0.3 is 15.6 Å². The molecule has 2 aliphatic carbocycles. The Morgan fingerprint density at radius 1 is 1.20 bits per heavy atom. The first-order valence-corrected chi connectivity index (χ1v) is 7.52. The van der Waals surface area contributed by atoms with Crippen molar-refractivity contribution in [2.45, 2.75) is 18.9 Å². The minimum Gasteiger partial charge on any atom is -0.361 e. The van der Waals surface area contributed by atoms with Gasteiger partial charge in [0.25, 0.3) is 0 Å². The summed E-state index contributed by atoms with van der Waals surface area (Å²) < 4.78 is 0. The van der Waals surface area contributed by atoms with Crippen LogP contribution in [0.15, 0.2) is 42.6 Å². The molecule has 2 aliphatic rings. The van der Waals surface area contributed by atoms with Crippen molar-refractivity contribution >= 4 is 33.9 Å². The molecule has 0 aliphatic heterocycles. The van der Waals surface area contributed by atoms with Gasteiger partial charge in [0.1, 0.15) is 0 Å². The van der Waals surface area contributed by atoms with Crippen molar-refractivity contribution in [2.75, 3.05) is 5.32 Å². The Morgan fingerprint density at radius 2 is 2.15 bits per heavy atom. The summed E-state index contributed by atoms with van der Waals surface area (Å²) in [5, 5.41) is 8.68. The second-order valence-corrected chi connectivity index (χ2v) is 6.17. The number of benzene rings is 1. The summed E-state index contributed by atoms with van der Waals surface area (Å²) in [5.74, 6) is 1.42. The lowest BCUT2D eigenvalue weighted by Gasteiger charge is -2.22. The van der Waals surface area contributed by atoms with Crippen LogP contribution in [-0.2, 0) is 0 Å². The molecular formula is C16H17N3S. The molecule has 0 unspecified atom stereocenters. The van der Waals surface area contributed by atoms with Crippen LogP contribution in [0.5, 0.6) is 0 Å². The molecule has 3 N–H and O–H groups in total. The van der Waals surface area contributed by atoms with Crippen molar-refractivity contribution in [3.63, 3.8) is 0 Å². The zero-order valence-electron chi connectivity index (χ0n) is 11.1. The molecule has 3 atom stereocenters. The number of thiocarbonyl (C=S) groups is 1. The van der Waals surface area contributed by atoms with E-state index in [2.05, 4.69) is 46.0 Å². The normalized spacial score (nSPS) is 27.1. The van der Waals surface area contributed by atoms with Crippen molar-refractivity contribution in [3.05, 3.63) is 42.6 Å². The van der Waals surface area contributed by atoms with Crippen LogP contribution in [0.25, 0.3) is 10.9 Å². The van der Waals surface area contributed by atoms with E-state index in [1.165, 1.54) is 18.2 Å². The Balaban J connectivity index is 1.43. The van der Waals surface area contributed by atoms with Crippen molar-refractivity contribution < 1.29 is 0 Å². The number of hydrogen-bond acceptors (Lipinski definition) is 1. The number of hydrogen-bond donors (Lipinski definition) is 3. The Kier molecular flexibility index (Phi) is 2.77. The SMILES string of the molecule is S=C(Nc1ccc2[nH]ccc2c1)N[C@H]1C[C@H]2C=C[C@@H]1C2. The average molecular weight is 283 g/mol. The van der Waals surface area contributed by atoms with Crippen LogP contribution in [0.1, 0.15) is 12.8 Å². The minimum atomic E-state index is 0.501. The molecule has 0 spiro atoms. The number of nitrogens with one attached hydrogen (secondary N) is 3. The molecule has 2 bridgehead atoms. The monoisotopic (exact) mass is 283 g/mol. The topological polar surface area (TPSA) is 39.9 Å². The van der Waals surface area contributed by atoms with Gasteiger partial charge in [-0.1, -0.05) is 12.2 Å². The molecule has 20 heavy (non-hydrogen) atoms. The quantitative estimate of drug-likeness (QED) is 0.584. The Morgan fingerprint density at radius 3 is 2.95 bits per heavy atom. The van der Waals surface area contributed by atoms with Crippen LogP contribution in [0.2, 0.25) is 0 Å². The number of H-pyrrole nitrogens is 1. The molecule has 1 heterocycles. The second kappa shape index (κ2) is 4.63. The summed E-state index contributed by atoms with van der Waals surface area (Å²) in [6, 6.07) is 8.80. The molecule has 4 heteroatoms. The van der Waals surface area contributed by atoms with Crippen molar-refractivity contribution in [1.29, 1.82) is 0 Å². The summed E-state index contributed by atoms with van der Waals surface area (Å²) in [6.07, 6.45) is 9.13. The number of rotatable bonds is 2. The Labute approximate surface area is 123 Å². The van der Waals surface area contributed by atoms with Gasteiger partial charge in [0, 0.05) is 28.8 Å². The number of anilines is 1. The molecule has 0 amide bonds. The van der Waals surface area contributed by atoms with Gasteiger partial charge in [-0.15, -0.1) is 0 Å². The van der Waals surface area contributed by atoms with E-state index >= 15 is 0 Å². The number of aromatic nitrogens is 1. The van der Waals surface area contributed by atoms with E-state index in [0.717, 1.165) is 22.2 Å². The van der Waals surface area contributed by atoms with Gasteiger partial charge in [0.15, 0.2) is 5.11 Å². The smallest absolute Gasteiger partial charge is 0.171 e. The van der Waals surface area contributed by atoms with E-state index < -0.39 is 0 Å². The summed E-state index contributed by atoms with van der Waals surface area (Å²) in [6.45, 7) is 0. The lowest BCUT2D eigenvalue weighted by atomic mass is 10.0. The largest absolute Gasteiger partial charge is 0.361 e. The molecule has 1 aromatic carbocycles. The van der Waals surface area contributed by atoms with E-state index in [4.69, 9.17) is 12.2 Å². The van der Waals surface area contributed by atoms with Crippen LogP contribution >= 0.6 is 12.2 Å². The second-order valence-electron chi connectivity index (χ2n) is 5.76. The fourth-order valence-corrected chi connectivity index (χ4v) is 3.68. The van der Waals surface area contributed by atoms with Crippen LogP contribution in [0, 0.1) is 11.8 Å². The molecule has 1 fully saturated rings. The third-order valence-corrected chi connectivity index (χ3v) is 4.63. The summed E-state index contributed by atoms with van der Waals surface area (Å²) in [5.41, 5.74) is 2.18. The highest BCUT2D eigenvalue weighted by Crippen LogP contribution is 2.38. The summed E-state index contributed by atoms with van der Waals surface area (Å²) >= 11 is 5.44. The summed E-state index contributed by atoms with van der Waals surface area (Å²) in [7, 11) is 0. The zero-order chi connectivity index (χ0) is 13.5. The zero-order valence-corrected chi connectivity index (χ0v) is 11.9. The van der Waals surface area contributed by atoms with Crippen LogP contribution in [0.3, 0.4) is 0 Å². The highest BCUT2D eigenvalue weighted by atomic mass is 32.1. The number of fused-ring (bicyclic) bond motifs is 3. The molecule has 0 radical (unpaired) electrons. The van der Waals surface area contributed by atoms with Crippen molar-refractivity contribution in [1.82, 2.24) is 10.3 Å². The Hall–Kier alpha value is -1.81. The van der Waals surface area contributed by atoms with E-state index in [9.17, 15) is 0 Å². The van der Waals surface area contributed by atoms with Crippen LogP contribution in [0.4, 0.5) is 5.69 Å². The van der Waals surface area contributed by atoms with Crippen molar-refractivity contribution in [2.24, 2.45) is 11.8 Å². The predicted octanol–water partition coefficient (Wildman–Crippen LogP) is 3.42. The molecule has 102 valence electrons. The number of allylic oxidation sites excluding steroid dienone is 1. The molecule has 4 rings (SSSR count). The maximum Gasteiger partial charge on any atom is 0.171 e. The lowest BCUT2D eigenvalue weighted by Crippen LogP contribution is -2.40. The van der Waals surface area contributed by atoms with Gasteiger partial charge in [0.2, 0.25) is 0 Å². The molecule has 1 saturated carbocycles. The van der Waals surface area contributed by atoms with Crippen LogP contribution < -0.4 is 10.6 Å². The third-order valence-electron chi connectivity index (χ3n) is 4.41. The first kappa shape index (κ1) is 12.0. The fraction of sp³-hybridized carbons (Fsp3) is 0.312. The van der Waals surface area contributed by atoms with Crippen LogP contribution in [-0.4, -0.2) is 16.1 Å². The van der Waals surface area contributed by atoms with E-state index in [1.54, 1.807) is 0 Å². The molecule has 1 aromatic heterocycles. The van der Waals surface area contributed by atoms with Gasteiger partial charge in [-0.25, -0.2) is 0 Å². The molecule has 0 saturated heterocycles. The van der Waals surface area contributed by atoms with E-state index in [1.807, 2.05) is 12.3 Å². The fourth-order valence-electron chi connectivity index (χ4n) is 3.41. The number of aromatic amines is 1. The highest BCUT2D eigenvalue weighted by Gasteiger charge is 2.35. The molecular weight excluding hydrogens is 266 g/mol. The van der Waals surface area contributed by atoms with Gasteiger partial charge in [-0.05, 0) is 61.2 Å². The van der Waals surface area contributed by atoms with E-state index in [0.29, 0.717) is 12.0 Å². The standard InChI is InChI=1S/C16H17N3S/c20-16(19-15-8-10-1-2-11(15)7-10)18-13-3-4-14-12(9-13)5-6-17-14/h1-6,9-11,15,17H,7-8H2,(H2,18,19,20)/t10-,11+,15-/m0/s1. The van der Waals surface area contributed by atoms with Gasteiger partial charge in [-0.3, -0.25) is 0 Å². The van der Waals surface area contributed by atoms with Gasteiger partial charge in [-0.2, -0.15) is 0 Å². The Bertz CT molecular complexity index is 688. The average Bonchev–Trinajstić information content (AvgIpc) is 3.13. The first-order valence-electron chi connectivity index (χ1n) is 7.11. The minimum absolute atomic E-state index is 0.501. The third kappa shape index (κ3) is 2.10. The van der Waals surface area contributed by atoms with Gasteiger partial charge in [0.05, 0.1) is 0 Å². The summed E-state index contributed by atoms with van der Waals surface area (Å²) in [4.78, 5) is 3.19. The molecule has 2 aromatic rings. The predicted molar refractivity (Wildman–Crippen MR) is 86.8 cm³/mol.